The van der Waals surface area contributed by atoms with Gasteiger partial charge in [-0.05, 0) is 50.6 Å². The minimum atomic E-state index is -0.836. The van der Waals surface area contributed by atoms with E-state index < -0.39 is 23.5 Å². The summed E-state index contributed by atoms with van der Waals surface area (Å²) in [7, 11) is 1.58. The van der Waals surface area contributed by atoms with Gasteiger partial charge in [0.25, 0.3) is 5.91 Å². The molecule has 1 aliphatic rings. The predicted octanol–water partition coefficient (Wildman–Crippen LogP) is 4.45. The van der Waals surface area contributed by atoms with Crippen LogP contribution in [-0.2, 0) is 11.3 Å². The highest BCUT2D eigenvalue weighted by Crippen LogP contribution is 2.41. The van der Waals surface area contributed by atoms with E-state index in [2.05, 4.69) is 4.98 Å². The molecule has 0 saturated carbocycles. The van der Waals surface area contributed by atoms with E-state index in [4.69, 9.17) is 9.15 Å². The van der Waals surface area contributed by atoms with E-state index in [1.807, 2.05) is 19.1 Å². The van der Waals surface area contributed by atoms with Crippen molar-refractivity contribution in [2.45, 2.75) is 33.4 Å². The third kappa shape index (κ3) is 3.74. The second kappa shape index (κ2) is 8.03. The van der Waals surface area contributed by atoms with Crippen molar-refractivity contribution in [3.8, 4) is 5.75 Å². The third-order valence-electron chi connectivity index (χ3n) is 5.20. The zero-order valence-electron chi connectivity index (χ0n) is 17.6. The lowest BCUT2D eigenvalue weighted by Gasteiger charge is -2.25. The Kier molecular flexibility index (Phi) is 5.41. The average Bonchev–Trinajstić information content (AvgIpc) is 3.39. The number of benzene rings is 1. The maximum Gasteiger partial charge on any atom is 0.290 e. The number of ketones is 1. The number of aliphatic hydroxyl groups excluding tert-OH is 1. The minimum absolute atomic E-state index is 0.0135. The summed E-state index contributed by atoms with van der Waals surface area (Å²) in [6.07, 6.45) is 0. The van der Waals surface area contributed by atoms with Gasteiger partial charge >= 0.3 is 0 Å². The van der Waals surface area contributed by atoms with Gasteiger partial charge in [0.2, 0.25) is 5.78 Å². The van der Waals surface area contributed by atoms with Crippen molar-refractivity contribution in [1.29, 1.82) is 0 Å². The highest BCUT2D eigenvalue weighted by Gasteiger charge is 2.46. The highest BCUT2D eigenvalue weighted by molar-refractivity contribution is 7.14. The monoisotopic (exact) mass is 438 g/mol. The Morgan fingerprint density at radius 2 is 1.90 bits per heavy atom. The third-order valence-corrected chi connectivity index (χ3v) is 6.27. The van der Waals surface area contributed by atoms with Crippen LogP contribution in [-0.4, -0.2) is 33.8 Å². The number of ether oxygens (including phenoxy) is 1. The zero-order valence-corrected chi connectivity index (χ0v) is 18.4. The quantitative estimate of drug-likeness (QED) is 0.572. The smallest absolute Gasteiger partial charge is 0.290 e. The molecule has 0 spiro atoms. The summed E-state index contributed by atoms with van der Waals surface area (Å²) in [6, 6.07) is 9.93. The Morgan fingerprint density at radius 3 is 2.45 bits per heavy atom. The molecule has 8 heteroatoms. The molecule has 1 amide bonds. The van der Waals surface area contributed by atoms with Crippen LogP contribution in [0.4, 0.5) is 0 Å². The Bertz CT molecular complexity index is 1190. The first-order valence-electron chi connectivity index (χ1n) is 9.72. The minimum Gasteiger partial charge on any atom is -0.503 e. The fourth-order valence-corrected chi connectivity index (χ4v) is 4.61. The van der Waals surface area contributed by atoms with Crippen molar-refractivity contribution in [3.05, 3.63) is 80.4 Å². The largest absolute Gasteiger partial charge is 0.503 e. The topological polar surface area (TPSA) is 92.9 Å². The van der Waals surface area contributed by atoms with E-state index in [-0.39, 0.29) is 12.1 Å². The molecule has 2 aromatic heterocycles. The number of carbonyl (C=O) groups is 2. The molecule has 3 heterocycles. The number of rotatable bonds is 6. The van der Waals surface area contributed by atoms with Crippen molar-refractivity contribution in [3.63, 3.8) is 0 Å². The lowest BCUT2D eigenvalue weighted by atomic mass is 9.99. The molecular weight excluding hydrogens is 416 g/mol. The highest BCUT2D eigenvalue weighted by atomic mass is 32.1. The summed E-state index contributed by atoms with van der Waals surface area (Å²) in [5.74, 6) is 0.188. The Morgan fingerprint density at radius 1 is 1.19 bits per heavy atom. The molecule has 1 N–H and O–H groups in total. The molecule has 3 aromatic rings. The predicted molar refractivity (Wildman–Crippen MR) is 115 cm³/mol. The molecule has 0 fully saturated rings. The van der Waals surface area contributed by atoms with E-state index in [1.165, 1.54) is 16.2 Å². The number of hydrogen-bond acceptors (Lipinski definition) is 7. The maximum atomic E-state index is 13.4. The van der Waals surface area contributed by atoms with Gasteiger partial charge in [0.05, 0.1) is 28.3 Å². The van der Waals surface area contributed by atoms with Crippen LogP contribution in [0.25, 0.3) is 0 Å². The van der Waals surface area contributed by atoms with Gasteiger partial charge in [-0.15, -0.1) is 11.3 Å². The Hall–Kier alpha value is -3.39. The number of aryl methyl sites for hydroxylation is 3. The van der Waals surface area contributed by atoms with Gasteiger partial charge in [0.15, 0.2) is 5.76 Å². The summed E-state index contributed by atoms with van der Waals surface area (Å²) in [5.41, 5.74) is 1.41. The van der Waals surface area contributed by atoms with Crippen molar-refractivity contribution in [1.82, 2.24) is 9.88 Å². The lowest BCUT2D eigenvalue weighted by Crippen LogP contribution is -2.30. The molecule has 1 unspecified atom stereocenters. The van der Waals surface area contributed by atoms with Gasteiger partial charge in [0, 0.05) is 6.54 Å². The van der Waals surface area contributed by atoms with Crippen molar-refractivity contribution in [2.24, 2.45) is 0 Å². The number of amides is 1. The van der Waals surface area contributed by atoms with E-state index in [1.54, 1.807) is 45.2 Å². The van der Waals surface area contributed by atoms with E-state index in [0.29, 0.717) is 27.8 Å². The van der Waals surface area contributed by atoms with Crippen LogP contribution >= 0.6 is 11.3 Å². The Labute approximate surface area is 183 Å². The van der Waals surface area contributed by atoms with Crippen LogP contribution in [0.1, 0.15) is 43.5 Å². The first-order chi connectivity index (χ1) is 14.8. The SMILES string of the molecule is COc1ccc(CN2C(=O)C(O)=C(C(=O)c3sc(C)nc3C)C2c2ccc(C)o2)cc1. The number of thiazole rings is 1. The number of aliphatic hydroxyl groups is 1. The summed E-state index contributed by atoms with van der Waals surface area (Å²) in [4.78, 5) is 32.6. The molecular formula is C23H22N2O5S. The number of hydrogen-bond donors (Lipinski definition) is 1. The molecule has 1 aliphatic heterocycles. The fourth-order valence-electron chi connectivity index (χ4n) is 3.74. The van der Waals surface area contributed by atoms with Crippen molar-refractivity contribution < 1.29 is 23.8 Å². The van der Waals surface area contributed by atoms with E-state index in [9.17, 15) is 14.7 Å². The van der Waals surface area contributed by atoms with Crippen LogP contribution < -0.4 is 4.74 Å². The van der Waals surface area contributed by atoms with Gasteiger partial charge in [-0.3, -0.25) is 9.59 Å². The average molecular weight is 439 g/mol. The first kappa shape index (κ1) is 20.9. The molecule has 0 radical (unpaired) electrons. The van der Waals surface area contributed by atoms with Crippen molar-refractivity contribution >= 4 is 23.0 Å². The van der Waals surface area contributed by atoms with Crippen LogP contribution in [0, 0.1) is 20.8 Å². The molecule has 7 nitrogen and oxygen atoms in total. The molecule has 0 aliphatic carbocycles. The van der Waals surface area contributed by atoms with Crippen LogP contribution in [0.15, 0.2) is 52.1 Å². The van der Waals surface area contributed by atoms with Gasteiger partial charge in [0.1, 0.15) is 23.3 Å². The van der Waals surface area contributed by atoms with Crippen LogP contribution in [0.2, 0.25) is 0 Å². The lowest BCUT2D eigenvalue weighted by molar-refractivity contribution is -0.130. The maximum absolute atomic E-state index is 13.4. The van der Waals surface area contributed by atoms with Crippen LogP contribution in [0.5, 0.6) is 5.75 Å². The number of furan rings is 1. The summed E-state index contributed by atoms with van der Waals surface area (Å²) in [6.45, 7) is 5.53. The summed E-state index contributed by atoms with van der Waals surface area (Å²) < 4.78 is 11.0. The van der Waals surface area contributed by atoms with Gasteiger partial charge in [-0.2, -0.15) is 0 Å². The molecule has 0 saturated heterocycles. The molecule has 160 valence electrons. The first-order valence-corrected chi connectivity index (χ1v) is 10.5. The number of nitrogens with zero attached hydrogens (tertiary/aromatic N) is 2. The zero-order chi connectivity index (χ0) is 22.3. The fraction of sp³-hybridized carbons (Fsp3) is 0.261. The van der Waals surface area contributed by atoms with Gasteiger partial charge in [-0.1, -0.05) is 12.1 Å². The normalized spacial score (nSPS) is 16.3. The molecule has 31 heavy (non-hydrogen) atoms. The number of Topliss-reactive ketones (excluding diaryl/α,β-unsaturated/α-hetero) is 1. The second-order valence-corrected chi connectivity index (χ2v) is 8.57. The molecule has 1 atom stereocenters. The van der Waals surface area contributed by atoms with Crippen molar-refractivity contribution in [2.75, 3.05) is 7.11 Å². The van der Waals surface area contributed by atoms with Crippen LogP contribution in [0.3, 0.4) is 0 Å². The molecule has 0 bridgehead atoms. The second-order valence-electron chi connectivity index (χ2n) is 7.37. The Balaban J connectivity index is 1.76. The summed E-state index contributed by atoms with van der Waals surface area (Å²) in [5, 5.41) is 11.5. The molecule has 1 aromatic carbocycles. The van der Waals surface area contributed by atoms with E-state index in [0.717, 1.165) is 10.6 Å². The number of carbonyl (C=O) groups excluding carboxylic acids is 2. The van der Waals surface area contributed by atoms with Gasteiger partial charge < -0.3 is 19.2 Å². The number of aromatic nitrogens is 1. The standard InChI is InChI=1S/C23H22N2O5S/c1-12-5-10-17(30-12)19-18(20(26)22-13(2)24-14(3)31-22)21(27)23(28)25(19)11-15-6-8-16(29-4)9-7-15/h5-10,19,27H,11H2,1-4H3. The number of methoxy groups -OCH3 is 1. The van der Waals surface area contributed by atoms with Gasteiger partial charge in [-0.25, -0.2) is 4.98 Å². The molecule has 4 rings (SSSR count). The summed E-state index contributed by atoms with van der Waals surface area (Å²) >= 11 is 1.24. The van der Waals surface area contributed by atoms with E-state index >= 15 is 0 Å².